The maximum atomic E-state index is 6.42. The molecule has 47 heavy (non-hydrogen) atoms. The van der Waals surface area contributed by atoms with Crippen molar-refractivity contribution in [3.8, 4) is 34.2 Å². The maximum Gasteiger partial charge on any atom is 0.166 e. The molecule has 0 N–H and O–H groups in total. The molecule has 0 bridgehead atoms. The van der Waals surface area contributed by atoms with Crippen LogP contribution in [0.25, 0.3) is 99.3 Å². The summed E-state index contributed by atoms with van der Waals surface area (Å²) in [6.07, 6.45) is 1.83. The largest absolute Gasteiger partial charge is 0.456 e. The minimum absolute atomic E-state index is 0.572. The second kappa shape index (κ2) is 10.0. The van der Waals surface area contributed by atoms with Gasteiger partial charge in [-0.15, -0.1) is 0 Å². The van der Waals surface area contributed by atoms with Gasteiger partial charge in [-0.3, -0.25) is 4.98 Å². The fourth-order valence-electron chi connectivity index (χ4n) is 6.94. The van der Waals surface area contributed by atoms with Crippen molar-refractivity contribution in [1.82, 2.24) is 19.9 Å². The summed E-state index contributed by atoms with van der Waals surface area (Å²) in [5, 5.41) is 10.0. The van der Waals surface area contributed by atoms with E-state index in [-0.39, 0.29) is 0 Å². The fraction of sp³-hybridized carbons (Fsp3) is 0. The standard InChI is InChI=1S/C42H24N4O/c1-2-11-26(12-3-1)40-44-41(32-16-8-18-36-38(32)34-22-27-13-4-5-14-28(27)23-37(34)47-36)46-42(45-40)35-24-33-29-15-7-6-10-25(29)19-20-30(33)31-17-9-21-43-39(31)35/h1-24H. The van der Waals surface area contributed by atoms with Gasteiger partial charge in [-0.25, -0.2) is 15.0 Å². The molecule has 0 amide bonds. The van der Waals surface area contributed by atoms with Crippen LogP contribution in [0.3, 0.4) is 0 Å². The van der Waals surface area contributed by atoms with Crippen LogP contribution in [-0.2, 0) is 0 Å². The van der Waals surface area contributed by atoms with E-state index in [4.69, 9.17) is 24.4 Å². The molecule has 0 unspecified atom stereocenters. The van der Waals surface area contributed by atoms with E-state index in [1.165, 1.54) is 10.8 Å². The third kappa shape index (κ3) is 4.03. The fourth-order valence-corrected chi connectivity index (χ4v) is 6.94. The topological polar surface area (TPSA) is 64.7 Å². The predicted octanol–water partition coefficient (Wildman–Crippen LogP) is 10.8. The van der Waals surface area contributed by atoms with Crippen molar-refractivity contribution in [3.63, 3.8) is 0 Å². The Kier molecular flexibility index (Phi) is 5.51. The lowest BCUT2D eigenvalue weighted by molar-refractivity contribution is 0.669. The van der Waals surface area contributed by atoms with Gasteiger partial charge in [-0.05, 0) is 62.6 Å². The van der Waals surface area contributed by atoms with E-state index in [0.29, 0.717) is 17.5 Å². The third-order valence-electron chi connectivity index (χ3n) is 9.12. The number of benzene rings is 7. The molecule has 10 aromatic rings. The van der Waals surface area contributed by atoms with E-state index in [1.54, 1.807) is 0 Å². The number of fused-ring (bicyclic) bond motifs is 9. The molecule has 3 heterocycles. The summed E-state index contributed by atoms with van der Waals surface area (Å²) in [7, 11) is 0. The molecule has 0 saturated carbocycles. The van der Waals surface area contributed by atoms with Crippen molar-refractivity contribution in [2.75, 3.05) is 0 Å². The van der Waals surface area contributed by atoms with Gasteiger partial charge < -0.3 is 4.42 Å². The van der Waals surface area contributed by atoms with E-state index in [0.717, 1.165) is 71.1 Å². The zero-order valence-corrected chi connectivity index (χ0v) is 25.1. The normalized spacial score (nSPS) is 11.8. The quantitative estimate of drug-likeness (QED) is 0.189. The van der Waals surface area contributed by atoms with E-state index in [2.05, 4.69) is 84.9 Å². The summed E-state index contributed by atoms with van der Waals surface area (Å²) in [6.45, 7) is 0. The Labute approximate surface area is 268 Å². The molecule has 218 valence electrons. The van der Waals surface area contributed by atoms with Gasteiger partial charge in [0.2, 0.25) is 0 Å². The average Bonchev–Trinajstić information content (AvgIpc) is 3.51. The molecule has 0 aliphatic heterocycles. The van der Waals surface area contributed by atoms with Crippen LogP contribution in [0.1, 0.15) is 0 Å². The van der Waals surface area contributed by atoms with E-state index < -0.39 is 0 Å². The average molecular weight is 601 g/mol. The molecule has 0 atom stereocenters. The predicted molar refractivity (Wildman–Crippen MR) is 191 cm³/mol. The second-order valence-electron chi connectivity index (χ2n) is 11.9. The zero-order chi connectivity index (χ0) is 30.9. The number of pyridine rings is 1. The van der Waals surface area contributed by atoms with Crippen LogP contribution >= 0.6 is 0 Å². The van der Waals surface area contributed by atoms with Gasteiger partial charge in [0.1, 0.15) is 11.2 Å². The van der Waals surface area contributed by atoms with Crippen molar-refractivity contribution in [3.05, 3.63) is 146 Å². The number of hydrogen-bond donors (Lipinski definition) is 0. The van der Waals surface area contributed by atoms with Crippen LogP contribution in [0, 0.1) is 0 Å². The van der Waals surface area contributed by atoms with Crippen LogP contribution in [-0.4, -0.2) is 19.9 Å². The summed E-state index contributed by atoms with van der Waals surface area (Å²) >= 11 is 0. The molecule has 0 spiro atoms. The molecule has 5 nitrogen and oxygen atoms in total. The lowest BCUT2D eigenvalue weighted by Gasteiger charge is -2.13. The highest BCUT2D eigenvalue weighted by molar-refractivity contribution is 6.20. The van der Waals surface area contributed by atoms with Crippen molar-refractivity contribution >= 4 is 65.2 Å². The molecular formula is C42H24N4O. The molecule has 10 rings (SSSR count). The van der Waals surface area contributed by atoms with Crippen molar-refractivity contribution < 1.29 is 4.42 Å². The van der Waals surface area contributed by atoms with Gasteiger partial charge in [0.25, 0.3) is 0 Å². The minimum Gasteiger partial charge on any atom is -0.456 e. The molecular weight excluding hydrogens is 576 g/mol. The van der Waals surface area contributed by atoms with E-state index in [9.17, 15) is 0 Å². The molecule has 0 aliphatic rings. The molecule has 0 saturated heterocycles. The number of hydrogen-bond acceptors (Lipinski definition) is 5. The lowest BCUT2D eigenvalue weighted by Crippen LogP contribution is -2.01. The third-order valence-corrected chi connectivity index (χ3v) is 9.12. The minimum atomic E-state index is 0.572. The number of nitrogens with zero attached hydrogens (tertiary/aromatic N) is 4. The molecule has 7 aromatic carbocycles. The highest BCUT2D eigenvalue weighted by Gasteiger charge is 2.20. The van der Waals surface area contributed by atoms with E-state index in [1.807, 2.05) is 60.8 Å². The summed E-state index contributed by atoms with van der Waals surface area (Å²) in [5.41, 5.74) is 5.14. The summed E-state index contributed by atoms with van der Waals surface area (Å²) < 4.78 is 6.42. The molecule has 5 heteroatoms. The summed E-state index contributed by atoms with van der Waals surface area (Å²) in [6, 6.07) is 48.0. The lowest BCUT2D eigenvalue weighted by atomic mass is 9.95. The highest BCUT2D eigenvalue weighted by atomic mass is 16.3. The molecule has 0 aliphatic carbocycles. The van der Waals surface area contributed by atoms with E-state index >= 15 is 0 Å². The highest BCUT2D eigenvalue weighted by Crippen LogP contribution is 2.40. The molecule has 3 aromatic heterocycles. The monoisotopic (exact) mass is 600 g/mol. The van der Waals surface area contributed by atoms with Gasteiger partial charge in [0, 0.05) is 39.0 Å². The maximum absolute atomic E-state index is 6.42. The Hall–Kier alpha value is -6.46. The second-order valence-corrected chi connectivity index (χ2v) is 11.9. The first-order valence-corrected chi connectivity index (χ1v) is 15.6. The summed E-state index contributed by atoms with van der Waals surface area (Å²) in [5.74, 6) is 1.75. The number of rotatable bonds is 3. The Bertz CT molecular complexity index is 2860. The van der Waals surface area contributed by atoms with Crippen LogP contribution < -0.4 is 0 Å². The van der Waals surface area contributed by atoms with Gasteiger partial charge in [0.05, 0.1) is 5.52 Å². The van der Waals surface area contributed by atoms with Gasteiger partial charge >= 0.3 is 0 Å². The first kappa shape index (κ1) is 25.8. The van der Waals surface area contributed by atoms with Crippen LogP contribution in [0.15, 0.2) is 150 Å². The van der Waals surface area contributed by atoms with Crippen LogP contribution in [0.4, 0.5) is 0 Å². The molecule has 0 radical (unpaired) electrons. The smallest absolute Gasteiger partial charge is 0.166 e. The Morgan fingerprint density at radius 2 is 1.13 bits per heavy atom. The van der Waals surface area contributed by atoms with Crippen LogP contribution in [0.2, 0.25) is 0 Å². The summed E-state index contributed by atoms with van der Waals surface area (Å²) in [4.78, 5) is 20.3. The number of aromatic nitrogens is 4. The van der Waals surface area contributed by atoms with Crippen molar-refractivity contribution in [2.45, 2.75) is 0 Å². The Balaban J connectivity index is 1.30. The van der Waals surface area contributed by atoms with Gasteiger partial charge in [-0.1, -0.05) is 109 Å². The first-order valence-electron chi connectivity index (χ1n) is 15.6. The zero-order valence-electron chi connectivity index (χ0n) is 25.1. The first-order chi connectivity index (χ1) is 23.3. The SMILES string of the molecule is c1ccc(-c2nc(-c3cc4c5ccccc5ccc4c4cccnc34)nc(-c3cccc4oc5cc6ccccc6cc5c34)n2)cc1. The van der Waals surface area contributed by atoms with Gasteiger partial charge in [-0.2, -0.15) is 0 Å². The van der Waals surface area contributed by atoms with Crippen molar-refractivity contribution in [2.24, 2.45) is 0 Å². The van der Waals surface area contributed by atoms with Crippen LogP contribution in [0.5, 0.6) is 0 Å². The molecule has 0 fully saturated rings. The number of furan rings is 1. The van der Waals surface area contributed by atoms with Gasteiger partial charge in [0.15, 0.2) is 17.5 Å². The Morgan fingerprint density at radius 3 is 2.00 bits per heavy atom. The Morgan fingerprint density at radius 1 is 0.404 bits per heavy atom. The van der Waals surface area contributed by atoms with Crippen molar-refractivity contribution in [1.29, 1.82) is 0 Å².